The highest BCUT2D eigenvalue weighted by Gasteiger charge is 2.05. The summed E-state index contributed by atoms with van der Waals surface area (Å²) in [6.45, 7) is 2.81. The van der Waals surface area contributed by atoms with Crippen molar-refractivity contribution in [3.05, 3.63) is 42.2 Å². The zero-order chi connectivity index (χ0) is 15.1. The smallest absolute Gasteiger partial charge is 0.127 e. The van der Waals surface area contributed by atoms with E-state index in [1.54, 1.807) is 26.0 Å². The number of anilines is 1. The van der Waals surface area contributed by atoms with Crippen LogP contribution in [-0.4, -0.2) is 25.0 Å². The van der Waals surface area contributed by atoms with Gasteiger partial charge in [0.25, 0.3) is 0 Å². The first kappa shape index (κ1) is 15.5. The second kappa shape index (κ2) is 7.78. The fourth-order valence-corrected chi connectivity index (χ4v) is 2.64. The Morgan fingerprint density at radius 1 is 1.14 bits per heavy atom. The van der Waals surface area contributed by atoms with Crippen molar-refractivity contribution < 1.29 is 9.47 Å². The summed E-state index contributed by atoms with van der Waals surface area (Å²) in [6, 6.07) is 7.93. The molecule has 4 nitrogen and oxygen atoms in total. The topological polar surface area (TPSA) is 43.4 Å². The lowest BCUT2D eigenvalue weighted by atomic mass is 10.2. The molecule has 0 aliphatic heterocycles. The molecule has 0 saturated carbocycles. The van der Waals surface area contributed by atoms with E-state index >= 15 is 0 Å². The van der Waals surface area contributed by atoms with Gasteiger partial charge in [0.2, 0.25) is 0 Å². The number of thioether (sulfide) groups is 1. The molecule has 2 rings (SSSR count). The first-order valence-corrected chi connectivity index (χ1v) is 7.78. The normalized spacial score (nSPS) is 10.2. The third kappa shape index (κ3) is 4.29. The molecule has 2 aromatic rings. The van der Waals surface area contributed by atoms with Crippen molar-refractivity contribution in [1.29, 1.82) is 0 Å². The number of nitrogens with one attached hydrogen (secondary N) is 1. The number of rotatable bonds is 7. The lowest BCUT2D eigenvalue weighted by Crippen LogP contribution is -2.02. The fourth-order valence-electron chi connectivity index (χ4n) is 1.96. The van der Waals surface area contributed by atoms with Gasteiger partial charge in [-0.1, -0.05) is 6.92 Å². The predicted octanol–water partition coefficient (Wildman–Crippen LogP) is 3.82. The number of ether oxygens (including phenoxy) is 2. The van der Waals surface area contributed by atoms with E-state index in [0.29, 0.717) is 6.54 Å². The van der Waals surface area contributed by atoms with Crippen LogP contribution in [0.2, 0.25) is 0 Å². The van der Waals surface area contributed by atoms with Crippen LogP contribution in [0.3, 0.4) is 0 Å². The molecule has 0 amide bonds. The number of hydrogen-bond acceptors (Lipinski definition) is 5. The molecule has 0 radical (unpaired) electrons. The standard InChI is InChI=1S/C16H20N2O2S/c1-4-21-15-7-13(10-17-11-15)18-9-12-5-6-14(19-2)8-16(12)20-3/h5-8,10-11,18H,4,9H2,1-3H3. The molecule has 5 heteroatoms. The number of nitrogens with zero attached hydrogens (tertiary/aromatic N) is 1. The van der Waals surface area contributed by atoms with E-state index in [0.717, 1.165) is 28.5 Å². The Kier molecular flexibility index (Phi) is 5.75. The summed E-state index contributed by atoms with van der Waals surface area (Å²) in [7, 11) is 3.31. The van der Waals surface area contributed by atoms with Crippen LogP contribution in [0, 0.1) is 0 Å². The minimum Gasteiger partial charge on any atom is -0.497 e. The van der Waals surface area contributed by atoms with Gasteiger partial charge in [-0.25, -0.2) is 0 Å². The quantitative estimate of drug-likeness (QED) is 0.788. The van der Waals surface area contributed by atoms with Crippen LogP contribution in [0.4, 0.5) is 5.69 Å². The third-order valence-electron chi connectivity index (χ3n) is 3.00. The second-order valence-corrected chi connectivity index (χ2v) is 5.71. The summed E-state index contributed by atoms with van der Waals surface area (Å²) in [4.78, 5) is 5.42. The summed E-state index contributed by atoms with van der Waals surface area (Å²) in [5.41, 5.74) is 2.08. The predicted molar refractivity (Wildman–Crippen MR) is 87.5 cm³/mol. The molecule has 0 bridgehead atoms. The van der Waals surface area contributed by atoms with Crippen molar-refractivity contribution in [3.8, 4) is 11.5 Å². The minimum absolute atomic E-state index is 0.676. The molecule has 1 aromatic carbocycles. The van der Waals surface area contributed by atoms with Crippen LogP contribution in [0.15, 0.2) is 41.6 Å². The Hall–Kier alpha value is -1.88. The molecule has 0 aliphatic carbocycles. The van der Waals surface area contributed by atoms with E-state index in [-0.39, 0.29) is 0 Å². The van der Waals surface area contributed by atoms with Gasteiger partial charge in [0.1, 0.15) is 11.5 Å². The average Bonchev–Trinajstić information content (AvgIpc) is 2.53. The molecular weight excluding hydrogens is 284 g/mol. The number of benzene rings is 1. The van der Waals surface area contributed by atoms with E-state index < -0.39 is 0 Å². The van der Waals surface area contributed by atoms with Crippen molar-refractivity contribution in [2.24, 2.45) is 0 Å². The molecule has 0 spiro atoms. The maximum absolute atomic E-state index is 5.40. The van der Waals surface area contributed by atoms with Crippen LogP contribution < -0.4 is 14.8 Å². The van der Waals surface area contributed by atoms with Crippen LogP contribution >= 0.6 is 11.8 Å². The fraction of sp³-hybridized carbons (Fsp3) is 0.312. The lowest BCUT2D eigenvalue weighted by Gasteiger charge is -2.12. The van der Waals surface area contributed by atoms with Crippen LogP contribution in [-0.2, 0) is 6.54 Å². The Bertz CT molecular complexity index is 590. The molecular formula is C16H20N2O2S. The highest BCUT2D eigenvalue weighted by molar-refractivity contribution is 7.99. The van der Waals surface area contributed by atoms with Crippen molar-refractivity contribution >= 4 is 17.4 Å². The van der Waals surface area contributed by atoms with E-state index in [1.807, 2.05) is 30.6 Å². The summed E-state index contributed by atoms with van der Waals surface area (Å²) < 4.78 is 10.6. The average molecular weight is 304 g/mol. The Morgan fingerprint density at radius 3 is 2.71 bits per heavy atom. The summed E-state index contributed by atoms with van der Waals surface area (Å²) in [6.07, 6.45) is 3.71. The van der Waals surface area contributed by atoms with Crippen molar-refractivity contribution in [1.82, 2.24) is 4.98 Å². The van der Waals surface area contributed by atoms with Crippen molar-refractivity contribution in [2.45, 2.75) is 18.4 Å². The monoisotopic (exact) mass is 304 g/mol. The molecule has 0 unspecified atom stereocenters. The van der Waals surface area contributed by atoms with Gasteiger partial charge in [-0.15, -0.1) is 11.8 Å². The molecule has 0 saturated heterocycles. The van der Waals surface area contributed by atoms with Crippen molar-refractivity contribution in [3.63, 3.8) is 0 Å². The Morgan fingerprint density at radius 2 is 2.00 bits per heavy atom. The highest BCUT2D eigenvalue weighted by atomic mass is 32.2. The van der Waals surface area contributed by atoms with E-state index in [1.165, 1.54) is 4.90 Å². The third-order valence-corrected chi connectivity index (χ3v) is 3.85. The highest BCUT2D eigenvalue weighted by Crippen LogP contribution is 2.26. The van der Waals surface area contributed by atoms with E-state index in [9.17, 15) is 0 Å². The summed E-state index contributed by atoms with van der Waals surface area (Å²) in [5, 5.41) is 3.38. The molecule has 0 aliphatic rings. The van der Waals surface area contributed by atoms with E-state index in [4.69, 9.17) is 9.47 Å². The zero-order valence-electron chi connectivity index (χ0n) is 12.6. The maximum atomic E-state index is 5.40. The zero-order valence-corrected chi connectivity index (χ0v) is 13.4. The van der Waals surface area contributed by atoms with Gasteiger partial charge >= 0.3 is 0 Å². The van der Waals surface area contributed by atoms with Crippen molar-refractivity contribution in [2.75, 3.05) is 25.3 Å². The number of aromatic nitrogens is 1. The van der Waals surface area contributed by atoms with Crippen LogP contribution in [0.1, 0.15) is 12.5 Å². The van der Waals surface area contributed by atoms with Gasteiger partial charge in [0.15, 0.2) is 0 Å². The molecule has 112 valence electrons. The number of pyridine rings is 1. The van der Waals surface area contributed by atoms with Crippen LogP contribution in [0.25, 0.3) is 0 Å². The second-order valence-electron chi connectivity index (χ2n) is 4.37. The number of hydrogen-bond donors (Lipinski definition) is 1. The van der Waals surface area contributed by atoms with Gasteiger partial charge in [-0.05, 0) is 24.0 Å². The number of methoxy groups -OCH3 is 2. The van der Waals surface area contributed by atoms with Gasteiger partial charge in [0.05, 0.1) is 26.1 Å². The molecule has 0 fully saturated rings. The first-order chi connectivity index (χ1) is 10.3. The van der Waals surface area contributed by atoms with E-state index in [2.05, 4.69) is 23.3 Å². The molecule has 21 heavy (non-hydrogen) atoms. The minimum atomic E-state index is 0.676. The van der Waals surface area contributed by atoms with Gasteiger partial charge in [0, 0.05) is 29.3 Å². The SMILES string of the molecule is CCSc1cncc(NCc2ccc(OC)cc2OC)c1. The molecule has 1 aromatic heterocycles. The maximum Gasteiger partial charge on any atom is 0.127 e. The van der Waals surface area contributed by atoms with Gasteiger partial charge in [-0.3, -0.25) is 4.98 Å². The molecule has 0 atom stereocenters. The lowest BCUT2D eigenvalue weighted by molar-refractivity contribution is 0.391. The molecule has 1 N–H and O–H groups in total. The summed E-state index contributed by atoms with van der Waals surface area (Å²) in [5.74, 6) is 2.64. The Labute approximate surface area is 129 Å². The van der Waals surface area contributed by atoms with Gasteiger partial charge < -0.3 is 14.8 Å². The van der Waals surface area contributed by atoms with Crippen LogP contribution in [0.5, 0.6) is 11.5 Å². The summed E-state index contributed by atoms with van der Waals surface area (Å²) >= 11 is 1.78. The van der Waals surface area contributed by atoms with Gasteiger partial charge in [-0.2, -0.15) is 0 Å². The Balaban J connectivity index is 2.07. The largest absolute Gasteiger partial charge is 0.497 e. The molecule has 1 heterocycles. The first-order valence-electron chi connectivity index (χ1n) is 6.79.